The molecule has 0 bridgehead atoms. The first-order valence-electron chi connectivity index (χ1n) is 3.29. The van der Waals surface area contributed by atoms with Gasteiger partial charge in [-0.2, -0.15) is 0 Å². The number of hydrogen-bond donors (Lipinski definition) is 1. The topological polar surface area (TPSA) is 33.4 Å². The van der Waals surface area contributed by atoms with E-state index in [1.807, 2.05) is 20.8 Å². The molecule has 0 fully saturated rings. The second kappa shape index (κ2) is 2.04. The average Bonchev–Trinajstić information content (AvgIpc) is 2.11. The molecule has 1 aromatic rings. The van der Waals surface area contributed by atoms with Crippen molar-refractivity contribution in [2.75, 3.05) is 0 Å². The van der Waals surface area contributed by atoms with Crippen LogP contribution in [0.4, 0.5) is 0 Å². The van der Waals surface area contributed by atoms with E-state index in [0.29, 0.717) is 0 Å². The molecule has 0 aliphatic carbocycles. The zero-order valence-corrected chi connectivity index (χ0v) is 6.51. The van der Waals surface area contributed by atoms with Gasteiger partial charge in [0, 0.05) is 5.56 Å². The quantitative estimate of drug-likeness (QED) is 0.599. The first-order valence-corrected chi connectivity index (χ1v) is 3.29. The molecule has 0 saturated carbocycles. The van der Waals surface area contributed by atoms with Gasteiger partial charge in [0.15, 0.2) is 0 Å². The zero-order valence-electron chi connectivity index (χ0n) is 6.51. The van der Waals surface area contributed by atoms with Crippen molar-refractivity contribution in [2.24, 2.45) is 0 Å². The highest BCUT2D eigenvalue weighted by Gasteiger charge is 2.19. The molecule has 2 nitrogen and oxygen atoms in total. The van der Waals surface area contributed by atoms with Crippen LogP contribution in [0.3, 0.4) is 0 Å². The summed E-state index contributed by atoms with van der Waals surface area (Å²) >= 11 is 0. The van der Waals surface area contributed by atoms with E-state index in [1.165, 1.54) is 6.26 Å². The van der Waals surface area contributed by atoms with E-state index in [0.717, 1.165) is 5.56 Å². The zero-order chi connectivity index (χ0) is 7.78. The minimum Gasteiger partial charge on any atom is -0.480 e. The molecule has 0 amide bonds. The van der Waals surface area contributed by atoms with Gasteiger partial charge in [0.2, 0.25) is 0 Å². The van der Waals surface area contributed by atoms with Crippen molar-refractivity contribution in [1.82, 2.24) is 0 Å². The van der Waals surface area contributed by atoms with Crippen LogP contribution in [0.15, 0.2) is 16.7 Å². The maximum Gasteiger partial charge on any atom is 0.285 e. The van der Waals surface area contributed by atoms with Crippen molar-refractivity contribution in [3.63, 3.8) is 0 Å². The Morgan fingerprint density at radius 1 is 1.40 bits per heavy atom. The molecule has 10 heavy (non-hydrogen) atoms. The molecule has 0 saturated heterocycles. The summed E-state index contributed by atoms with van der Waals surface area (Å²) in [5, 5.41) is 9.12. The summed E-state index contributed by atoms with van der Waals surface area (Å²) in [7, 11) is 0. The van der Waals surface area contributed by atoms with Crippen LogP contribution in [0.2, 0.25) is 0 Å². The van der Waals surface area contributed by atoms with E-state index < -0.39 is 0 Å². The molecule has 0 unspecified atom stereocenters. The lowest BCUT2D eigenvalue weighted by Gasteiger charge is -2.15. The van der Waals surface area contributed by atoms with Crippen molar-refractivity contribution in [3.05, 3.63) is 17.9 Å². The first-order chi connectivity index (χ1) is 4.52. The maximum absolute atomic E-state index is 9.12. The summed E-state index contributed by atoms with van der Waals surface area (Å²) in [4.78, 5) is 0. The third-order valence-electron chi connectivity index (χ3n) is 1.45. The molecule has 1 heterocycles. The molecule has 0 aliphatic rings. The van der Waals surface area contributed by atoms with Gasteiger partial charge in [-0.25, -0.2) is 0 Å². The largest absolute Gasteiger partial charge is 0.480 e. The van der Waals surface area contributed by atoms with Crippen LogP contribution in [0.1, 0.15) is 26.3 Å². The summed E-state index contributed by atoms with van der Waals surface area (Å²) in [6.07, 6.45) is 1.50. The van der Waals surface area contributed by atoms with E-state index in [-0.39, 0.29) is 11.4 Å². The summed E-state index contributed by atoms with van der Waals surface area (Å²) in [5.41, 5.74) is 0.823. The van der Waals surface area contributed by atoms with Crippen molar-refractivity contribution in [2.45, 2.75) is 26.2 Å². The Morgan fingerprint density at radius 2 is 2.00 bits per heavy atom. The third kappa shape index (κ3) is 1.15. The van der Waals surface area contributed by atoms with Crippen LogP contribution < -0.4 is 0 Å². The number of aromatic hydroxyl groups is 1. The minimum absolute atomic E-state index is 0.0307. The maximum atomic E-state index is 9.12. The van der Waals surface area contributed by atoms with Crippen LogP contribution in [-0.4, -0.2) is 5.11 Å². The van der Waals surface area contributed by atoms with Gasteiger partial charge >= 0.3 is 0 Å². The summed E-state index contributed by atoms with van der Waals surface area (Å²) < 4.78 is 4.75. The first kappa shape index (κ1) is 7.19. The second-order valence-electron chi connectivity index (χ2n) is 3.39. The fraction of sp³-hybridized carbons (Fsp3) is 0.500. The van der Waals surface area contributed by atoms with Gasteiger partial charge in [-0.1, -0.05) is 20.8 Å². The van der Waals surface area contributed by atoms with Gasteiger partial charge < -0.3 is 9.52 Å². The monoisotopic (exact) mass is 140 g/mol. The summed E-state index contributed by atoms with van der Waals surface area (Å²) in [6, 6.07) is 1.79. The van der Waals surface area contributed by atoms with E-state index in [2.05, 4.69) is 0 Å². The van der Waals surface area contributed by atoms with Gasteiger partial charge in [-0.3, -0.25) is 0 Å². The summed E-state index contributed by atoms with van der Waals surface area (Å²) in [6.45, 7) is 6.08. The van der Waals surface area contributed by atoms with Crippen molar-refractivity contribution in [1.29, 1.82) is 0 Å². The SMILES string of the molecule is CC(C)(C)c1ccoc1O. The Bertz CT molecular complexity index is 217. The van der Waals surface area contributed by atoms with Crippen molar-refractivity contribution < 1.29 is 9.52 Å². The number of rotatable bonds is 0. The number of hydrogen-bond acceptors (Lipinski definition) is 2. The highest BCUT2D eigenvalue weighted by Crippen LogP contribution is 2.30. The van der Waals surface area contributed by atoms with Crippen molar-refractivity contribution in [3.8, 4) is 5.95 Å². The third-order valence-corrected chi connectivity index (χ3v) is 1.45. The Kier molecular flexibility index (Phi) is 1.47. The van der Waals surface area contributed by atoms with Crippen molar-refractivity contribution >= 4 is 0 Å². The average molecular weight is 140 g/mol. The van der Waals surface area contributed by atoms with Gasteiger partial charge in [0.25, 0.3) is 5.95 Å². The fourth-order valence-corrected chi connectivity index (χ4v) is 0.872. The summed E-state index contributed by atoms with van der Waals surface area (Å²) in [5.74, 6) is 0.0347. The molecule has 0 spiro atoms. The standard InChI is InChI=1S/C8H12O2/c1-8(2,3)6-4-5-10-7(6)9/h4-5,9H,1-3H3. The number of furan rings is 1. The molecule has 0 aromatic carbocycles. The van der Waals surface area contributed by atoms with Crippen LogP contribution >= 0.6 is 0 Å². The normalized spacial score (nSPS) is 11.9. The lowest BCUT2D eigenvalue weighted by Crippen LogP contribution is -2.09. The predicted molar refractivity (Wildman–Crippen MR) is 39.1 cm³/mol. The second-order valence-corrected chi connectivity index (χ2v) is 3.39. The Hall–Kier alpha value is -0.920. The molecular weight excluding hydrogens is 128 g/mol. The Balaban J connectivity index is 3.05. The molecule has 1 N–H and O–H groups in total. The lowest BCUT2D eigenvalue weighted by atomic mass is 9.89. The van der Waals surface area contributed by atoms with Crippen LogP contribution in [0, 0.1) is 0 Å². The van der Waals surface area contributed by atoms with E-state index >= 15 is 0 Å². The molecule has 1 aromatic heterocycles. The molecule has 0 atom stereocenters. The molecule has 1 rings (SSSR count). The van der Waals surface area contributed by atoms with Crippen LogP contribution in [0.25, 0.3) is 0 Å². The molecular formula is C8H12O2. The van der Waals surface area contributed by atoms with Crippen LogP contribution in [-0.2, 0) is 5.41 Å². The minimum atomic E-state index is -0.0307. The van der Waals surface area contributed by atoms with Gasteiger partial charge in [0.1, 0.15) is 0 Å². The van der Waals surface area contributed by atoms with Gasteiger partial charge in [-0.15, -0.1) is 0 Å². The van der Waals surface area contributed by atoms with Gasteiger partial charge in [0.05, 0.1) is 6.26 Å². The molecule has 56 valence electrons. The highest BCUT2D eigenvalue weighted by molar-refractivity contribution is 5.28. The Morgan fingerprint density at radius 3 is 2.20 bits per heavy atom. The molecule has 0 aliphatic heterocycles. The smallest absolute Gasteiger partial charge is 0.285 e. The Labute approximate surface area is 60.5 Å². The van der Waals surface area contributed by atoms with Crippen LogP contribution in [0.5, 0.6) is 5.95 Å². The predicted octanol–water partition coefficient (Wildman–Crippen LogP) is 2.28. The van der Waals surface area contributed by atoms with E-state index in [1.54, 1.807) is 6.07 Å². The lowest BCUT2D eigenvalue weighted by molar-refractivity contribution is 0.320. The molecule has 0 radical (unpaired) electrons. The van der Waals surface area contributed by atoms with E-state index in [9.17, 15) is 0 Å². The molecule has 2 heteroatoms. The highest BCUT2D eigenvalue weighted by atomic mass is 16.5. The van der Waals surface area contributed by atoms with Gasteiger partial charge in [-0.05, 0) is 11.5 Å². The van der Waals surface area contributed by atoms with E-state index in [4.69, 9.17) is 9.52 Å². The fourth-order valence-electron chi connectivity index (χ4n) is 0.872.